The molecule has 0 saturated carbocycles. The zero-order valence-electron chi connectivity index (χ0n) is 14.0. The lowest BCUT2D eigenvalue weighted by Gasteiger charge is -2.29. The summed E-state index contributed by atoms with van der Waals surface area (Å²) in [7, 11) is -1.51. The van der Waals surface area contributed by atoms with Gasteiger partial charge in [0.2, 0.25) is 10.0 Å². The minimum absolute atomic E-state index is 0.0228. The maximum absolute atomic E-state index is 12.6. The third-order valence-corrected chi connectivity index (χ3v) is 6.90. The van der Waals surface area contributed by atoms with Gasteiger partial charge in [-0.15, -0.1) is 0 Å². The second kappa shape index (κ2) is 6.95. The molecule has 1 N–H and O–H groups in total. The number of aromatic nitrogens is 1. The Morgan fingerprint density at radius 2 is 2.00 bits per heavy atom. The summed E-state index contributed by atoms with van der Waals surface area (Å²) in [5, 5.41) is 0. The van der Waals surface area contributed by atoms with E-state index in [4.69, 9.17) is 0 Å². The first-order valence-corrected chi connectivity index (χ1v) is 10.5. The fourth-order valence-corrected chi connectivity index (χ4v) is 5.43. The van der Waals surface area contributed by atoms with Gasteiger partial charge in [-0.1, -0.05) is 18.3 Å². The molecule has 0 radical (unpaired) electrons. The highest BCUT2D eigenvalue weighted by atomic mass is 32.2. The lowest BCUT2D eigenvalue weighted by molar-refractivity contribution is 0.248. The Balaban J connectivity index is 1.87. The molecule has 1 aromatic carbocycles. The van der Waals surface area contributed by atoms with Crippen LogP contribution in [0, 0.1) is 0 Å². The van der Waals surface area contributed by atoms with Crippen LogP contribution in [0.3, 0.4) is 0 Å². The van der Waals surface area contributed by atoms with Crippen LogP contribution < -0.4 is 9.60 Å². The number of thiazole rings is 1. The molecule has 6 nitrogen and oxygen atoms in total. The van der Waals surface area contributed by atoms with Gasteiger partial charge >= 0.3 is 4.87 Å². The first-order valence-electron chi connectivity index (χ1n) is 8.25. The van der Waals surface area contributed by atoms with Crippen molar-refractivity contribution in [2.75, 3.05) is 20.1 Å². The molecule has 0 spiro atoms. The molecule has 1 aliphatic rings. The Kier molecular flexibility index (Phi) is 5.10. The number of nitrogens with zero attached hydrogens (tertiary/aromatic N) is 2. The van der Waals surface area contributed by atoms with Crippen molar-refractivity contribution in [1.29, 1.82) is 0 Å². The predicted molar refractivity (Wildman–Crippen MR) is 97.2 cm³/mol. The fraction of sp³-hybridized carbons (Fsp3) is 0.562. The topological polar surface area (TPSA) is 71.4 Å². The molecular weight excluding hydrogens is 346 g/mol. The van der Waals surface area contributed by atoms with Crippen molar-refractivity contribution in [3.8, 4) is 0 Å². The molecule has 1 fully saturated rings. The van der Waals surface area contributed by atoms with E-state index >= 15 is 0 Å². The van der Waals surface area contributed by atoms with E-state index in [1.807, 2.05) is 14.0 Å². The molecule has 2 heterocycles. The number of benzene rings is 1. The summed E-state index contributed by atoms with van der Waals surface area (Å²) < 4.78 is 30.5. The fourth-order valence-electron chi connectivity index (χ4n) is 3.06. The molecule has 24 heavy (non-hydrogen) atoms. The maximum Gasteiger partial charge on any atom is 0.308 e. The number of aryl methyl sites for hydroxylation is 1. The number of fused-ring (bicyclic) bond motifs is 1. The summed E-state index contributed by atoms with van der Waals surface area (Å²) in [4.78, 5) is 14.4. The third-order valence-electron chi connectivity index (χ3n) is 4.44. The van der Waals surface area contributed by atoms with Crippen LogP contribution in [0.5, 0.6) is 0 Å². The molecule has 1 aliphatic heterocycles. The molecule has 2 aromatic rings. The Morgan fingerprint density at radius 3 is 2.67 bits per heavy atom. The van der Waals surface area contributed by atoms with E-state index in [9.17, 15) is 13.2 Å². The van der Waals surface area contributed by atoms with Crippen LogP contribution in [0.1, 0.15) is 26.2 Å². The summed E-state index contributed by atoms with van der Waals surface area (Å²) in [5.74, 6) is 0. The Morgan fingerprint density at radius 1 is 1.29 bits per heavy atom. The average molecular weight is 370 g/mol. The van der Waals surface area contributed by atoms with Crippen LogP contribution >= 0.6 is 11.3 Å². The standard InChI is InChI=1S/C16H23N3O3S2/c1-3-8-19-14-5-4-13(11-15(14)23-16(19)20)24(21,22)17-12-6-9-18(2)10-7-12/h4-5,11-12,17H,3,6-10H2,1-2H3. The molecule has 0 atom stereocenters. The quantitative estimate of drug-likeness (QED) is 0.873. The van der Waals surface area contributed by atoms with E-state index in [-0.39, 0.29) is 15.8 Å². The molecule has 0 aliphatic carbocycles. The summed E-state index contributed by atoms with van der Waals surface area (Å²) in [6, 6.07) is 4.93. The van der Waals surface area contributed by atoms with Gasteiger partial charge in [0.05, 0.1) is 15.1 Å². The number of likely N-dealkylation sites (tertiary alicyclic amines) is 1. The predicted octanol–water partition coefficient (Wildman–Crippen LogP) is 1.85. The number of hydrogen-bond donors (Lipinski definition) is 1. The van der Waals surface area contributed by atoms with Crippen LogP contribution in [-0.4, -0.2) is 44.1 Å². The minimum Gasteiger partial charge on any atom is -0.306 e. The van der Waals surface area contributed by atoms with Crippen molar-refractivity contribution in [3.05, 3.63) is 27.9 Å². The second-order valence-corrected chi connectivity index (χ2v) is 9.06. The highest BCUT2D eigenvalue weighted by Gasteiger charge is 2.24. The lowest BCUT2D eigenvalue weighted by atomic mass is 10.1. The Labute approximate surface area is 146 Å². The van der Waals surface area contributed by atoms with Crippen LogP contribution in [0.25, 0.3) is 10.2 Å². The Bertz CT molecular complexity index is 878. The average Bonchev–Trinajstić information content (AvgIpc) is 2.85. The zero-order valence-corrected chi connectivity index (χ0v) is 15.6. The van der Waals surface area contributed by atoms with E-state index < -0.39 is 10.0 Å². The maximum atomic E-state index is 12.6. The monoisotopic (exact) mass is 369 g/mol. The first-order chi connectivity index (χ1) is 11.4. The number of nitrogens with one attached hydrogen (secondary N) is 1. The van der Waals surface area contributed by atoms with E-state index in [0.29, 0.717) is 6.54 Å². The van der Waals surface area contributed by atoms with Crippen LogP contribution in [-0.2, 0) is 16.6 Å². The summed E-state index contributed by atoms with van der Waals surface area (Å²) in [5.41, 5.74) is 0.810. The largest absolute Gasteiger partial charge is 0.308 e. The van der Waals surface area contributed by atoms with Crippen molar-refractivity contribution in [2.24, 2.45) is 0 Å². The lowest BCUT2D eigenvalue weighted by Crippen LogP contribution is -2.43. The number of piperidine rings is 1. The van der Waals surface area contributed by atoms with Crippen molar-refractivity contribution >= 4 is 31.6 Å². The number of hydrogen-bond acceptors (Lipinski definition) is 5. The van der Waals surface area contributed by atoms with Crippen molar-refractivity contribution < 1.29 is 8.42 Å². The second-order valence-electron chi connectivity index (χ2n) is 6.35. The molecule has 0 amide bonds. The van der Waals surface area contributed by atoms with Gasteiger partial charge in [0, 0.05) is 12.6 Å². The molecule has 132 valence electrons. The highest BCUT2D eigenvalue weighted by Crippen LogP contribution is 2.23. The highest BCUT2D eigenvalue weighted by molar-refractivity contribution is 7.89. The van der Waals surface area contributed by atoms with Gasteiger partial charge in [-0.2, -0.15) is 0 Å². The van der Waals surface area contributed by atoms with Gasteiger partial charge < -0.3 is 4.90 Å². The van der Waals surface area contributed by atoms with Gasteiger partial charge in [0.15, 0.2) is 0 Å². The summed E-state index contributed by atoms with van der Waals surface area (Å²) >= 11 is 1.10. The number of sulfonamides is 1. The van der Waals surface area contributed by atoms with Gasteiger partial charge in [-0.25, -0.2) is 13.1 Å². The SMILES string of the molecule is CCCn1c(=O)sc2cc(S(=O)(=O)NC3CCN(C)CC3)ccc21. The van der Waals surface area contributed by atoms with E-state index in [2.05, 4.69) is 9.62 Å². The van der Waals surface area contributed by atoms with E-state index in [1.54, 1.807) is 22.8 Å². The zero-order chi connectivity index (χ0) is 17.3. The first kappa shape index (κ1) is 17.6. The number of rotatable bonds is 5. The van der Waals surface area contributed by atoms with E-state index in [1.165, 1.54) is 0 Å². The summed E-state index contributed by atoms with van der Waals surface area (Å²) in [6.45, 7) is 4.46. The Hall–Kier alpha value is -1.22. The van der Waals surface area contributed by atoms with Crippen molar-refractivity contribution in [1.82, 2.24) is 14.2 Å². The minimum atomic E-state index is -3.56. The molecular formula is C16H23N3O3S2. The van der Waals surface area contributed by atoms with Crippen LogP contribution in [0.2, 0.25) is 0 Å². The van der Waals surface area contributed by atoms with Gasteiger partial charge in [-0.05, 0) is 57.6 Å². The van der Waals surface area contributed by atoms with Gasteiger partial charge in [-0.3, -0.25) is 9.36 Å². The normalized spacial score (nSPS) is 17.6. The smallest absolute Gasteiger partial charge is 0.306 e. The molecule has 0 unspecified atom stereocenters. The van der Waals surface area contributed by atoms with Gasteiger partial charge in [0.25, 0.3) is 0 Å². The van der Waals surface area contributed by atoms with Crippen molar-refractivity contribution in [3.63, 3.8) is 0 Å². The molecule has 8 heteroatoms. The molecule has 1 aromatic heterocycles. The summed E-state index contributed by atoms with van der Waals surface area (Å²) in [6.07, 6.45) is 2.50. The van der Waals surface area contributed by atoms with Crippen molar-refractivity contribution in [2.45, 2.75) is 43.7 Å². The molecule has 0 bridgehead atoms. The molecule has 1 saturated heterocycles. The molecule has 3 rings (SSSR count). The van der Waals surface area contributed by atoms with E-state index in [0.717, 1.165) is 53.9 Å². The van der Waals surface area contributed by atoms with Crippen LogP contribution in [0.4, 0.5) is 0 Å². The van der Waals surface area contributed by atoms with Gasteiger partial charge in [0.1, 0.15) is 0 Å². The van der Waals surface area contributed by atoms with Crippen LogP contribution in [0.15, 0.2) is 27.9 Å². The third kappa shape index (κ3) is 3.56.